The van der Waals surface area contributed by atoms with Crippen molar-refractivity contribution in [2.24, 2.45) is 0 Å². The van der Waals surface area contributed by atoms with Crippen LogP contribution in [0.5, 0.6) is 0 Å². The zero-order chi connectivity index (χ0) is 11.4. The molecule has 0 aliphatic rings. The van der Waals surface area contributed by atoms with Crippen LogP contribution in [0.3, 0.4) is 0 Å². The first-order valence-corrected chi connectivity index (χ1v) is 7.89. The molecule has 0 bridgehead atoms. The van der Waals surface area contributed by atoms with Crippen molar-refractivity contribution in [3.05, 3.63) is 12.7 Å². The lowest BCUT2D eigenvalue weighted by molar-refractivity contribution is 0.230. The lowest BCUT2D eigenvalue weighted by Crippen LogP contribution is -2.43. The smallest absolute Gasteiger partial charge is 0.192 e. The van der Waals surface area contributed by atoms with Crippen molar-refractivity contribution < 1.29 is 4.43 Å². The van der Waals surface area contributed by atoms with E-state index in [2.05, 4.69) is 46.4 Å². The zero-order valence-corrected chi connectivity index (χ0v) is 11.1. The molecule has 0 aromatic heterocycles. The van der Waals surface area contributed by atoms with Gasteiger partial charge in [-0.3, -0.25) is 0 Å². The third-order valence-electron chi connectivity index (χ3n) is 2.83. The van der Waals surface area contributed by atoms with Gasteiger partial charge in [-0.05, 0) is 18.1 Å². The minimum absolute atomic E-state index is 0.0147. The highest BCUT2D eigenvalue weighted by atomic mass is 28.4. The van der Waals surface area contributed by atoms with E-state index in [1.807, 2.05) is 0 Å². The molecule has 0 fully saturated rings. The molecule has 14 heavy (non-hydrogen) atoms. The van der Waals surface area contributed by atoms with E-state index in [1.54, 1.807) is 6.08 Å². The maximum atomic E-state index is 6.07. The van der Waals surface area contributed by atoms with Gasteiger partial charge in [0.05, 0.1) is 6.10 Å². The van der Waals surface area contributed by atoms with Gasteiger partial charge in [-0.25, -0.2) is 0 Å². The Balaban J connectivity index is 4.49. The van der Waals surface area contributed by atoms with Crippen molar-refractivity contribution in [2.45, 2.75) is 51.4 Å². The summed E-state index contributed by atoms with van der Waals surface area (Å²) in [4.78, 5) is 0. The molecule has 0 amide bonds. The molecule has 0 rings (SSSR count). The fraction of sp³-hybridized carbons (Fsp3) is 0.667. The molecule has 1 atom stereocenters. The molecule has 0 saturated carbocycles. The molecule has 0 saturated heterocycles. The van der Waals surface area contributed by atoms with E-state index < -0.39 is 8.32 Å². The molecule has 0 heterocycles. The molecule has 80 valence electrons. The Bertz CT molecular complexity index is 230. The first-order chi connectivity index (χ1) is 6.24. The van der Waals surface area contributed by atoms with Crippen LogP contribution >= 0.6 is 0 Å². The minimum atomic E-state index is -1.69. The number of hydrogen-bond donors (Lipinski definition) is 0. The van der Waals surface area contributed by atoms with Gasteiger partial charge in [0.2, 0.25) is 0 Å². The van der Waals surface area contributed by atoms with Crippen LogP contribution in [0.2, 0.25) is 18.1 Å². The third kappa shape index (κ3) is 3.69. The van der Waals surface area contributed by atoms with Crippen LogP contribution in [-0.4, -0.2) is 14.4 Å². The summed E-state index contributed by atoms with van der Waals surface area (Å²) in [7, 11) is -1.69. The molecule has 0 N–H and O–H groups in total. The van der Waals surface area contributed by atoms with E-state index in [0.29, 0.717) is 6.42 Å². The zero-order valence-electron chi connectivity index (χ0n) is 10.1. The third-order valence-corrected chi connectivity index (χ3v) is 7.34. The predicted molar refractivity (Wildman–Crippen MR) is 65.7 cm³/mol. The van der Waals surface area contributed by atoms with E-state index >= 15 is 0 Å². The van der Waals surface area contributed by atoms with Gasteiger partial charge in [-0.15, -0.1) is 18.9 Å². The maximum Gasteiger partial charge on any atom is 0.192 e. The van der Waals surface area contributed by atoms with Gasteiger partial charge in [0.1, 0.15) is 0 Å². The minimum Gasteiger partial charge on any atom is -0.410 e. The molecule has 0 aliphatic carbocycles. The Morgan fingerprint density at radius 1 is 1.50 bits per heavy atom. The van der Waals surface area contributed by atoms with Crippen LogP contribution in [0.15, 0.2) is 12.7 Å². The Morgan fingerprint density at radius 3 is 2.29 bits per heavy atom. The number of hydrogen-bond acceptors (Lipinski definition) is 1. The summed E-state index contributed by atoms with van der Waals surface area (Å²) in [5.41, 5.74) is 0. The van der Waals surface area contributed by atoms with Gasteiger partial charge >= 0.3 is 0 Å². The quantitative estimate of drug-likeness (QED) is 0.391. The van der Waals surface area contributed by atoms with Crippen LogP contribution < -0.4 is 0 Å². The normalized spacial score (nSPS) is 14.6. The van der Waals surface area contributed by atoms with E-state index in [4.69, 9.17) is 10.8 Å². The Labute approximate surface area is 89.7 Å². The molecule has 0 spiro atoms. The fourth-order valence-electron chi connectivity index (χ4n) is 0.844. The predicted octanol–water partition coefficient (Wildman–Crippen LogP) is 3.59. The van der Waals surface area contributed by atoms with E-state index in [1.165, 1.54) is 0 Å². The Morgan fingerprint density at radius 2 is 2.00 bits per heavy atom. The molecule has 1 unspecified atom stereocenters. The van der Waals surface area contributed by atoms with Crippen LogP contribution in [-0.2, 0) is 4.43 Å². The topological polar surface area (TPSA) is 9.23 Å². The average molecular weight is 210 g/mol. The van der Waals surface area contributed by atoms with Crippen LogP contribution in [0.25, 0.3) is 0 Å². The largest absolute Gasteiger partial charge is 0.410 e. The summed E-state index contributed by atoms with van der Waals surface area (Å²) in [5, 5.41) is 0.225. The van der Waals surface area contributed by atoms with Gasteiger partial charge in [-0.1, -0.05) is 26.8 Å². The monoisotopic (exact) mass is 210 g/mol. The van der Waals surface area contributed by atoms with Crippen LogP contribution in [0.1, 0.15) is 27.2 Å². The van der Waals surface area contributed by atoms with Gasteiger partial charge in [0.15, 0.2) is 8.32 Å². The fourth-order valence-corrected chi connectivity index (χ4v) is 2.13. The Kier molecular flexibility index (Phi) is 4.63. The lowest BCUT2D eigenvalue weighted by atomic mass is 10.2. The molecule has 0 aliphatic heterocycles. The highest BCUT2D eigenvalue weighted by molar-refractivity contribution is 6.74. The number of rotatable bonds is 4. The van der Waals surface area contributed by atoms with Crippen LogP contribution in [0.4, 0.5) is 0 Å². The molecule has 0 radical (unpaired) electrons. The van der Waals surface area contributed by atoms with Gasteiger partial charge < -0.3 is 4.43 Å². The van der Waals surface area contributed by atoms with Gasteiger partial charge in [0.25, 0.3) is 0 Å². The Hall–Kier alpha value is -0.523. The number of terminal acetylenes is 1. The first-order valence-electron chi connectivity index (χ1n) is 4.98. The second kappa shape index (κ2) is 4.81. The molecular formula is C12H22OSi. The maximum absolute atomic E-state index is 6.07. The summed E-state index contributed by atoms with van der Waals surface area (Å²) in [5.74, 6) is 2.62. The molecular weight excluding hydrogens is 188 g/mol. The molecule has 0 aromatic carbocycles. The molecule has 0 aromatic rings. The average Bonchev–Trinajstić information content (AvgIpc) is 2.01. The summed E-state index contributed by atoms with van der Waals surface area (Å²) in [6.07, 6.45) is 7.71. The second-order valence-electron chi connectivity index (χ2n) is 5.06. The van der Waals surface area contributed by atoms with E-state index in [-0.39, 0.29) is 11.1 Å². The first kappa shape index (κ1) is 13.5. The van der Waals surface area contributed by atoms with Crippen molar-refractivity contribution >= 4 is 8.32 Å². The standard InChI is InChI=1S/C12H22OSi/c1-8-10-11(9-2)13-14(6,7)12(3,4)5/h1,9,11H,2,10H2,3-7H3. The van der Waals surface area contributed by atoms with Crippen LogP contribution in [0, 0.1) is 12.3 Å². The summed E-state index contributed by atoms with van der Waals surface area (Å²) in [6, 6.07) is 0. The SMILES string of the molecule is C#CCC(C=C)O[Si](C)(C)C(C)(C)C. The lowest BCUT2D eigenvalue weighted by Gasteiger charge is -2.38. The van der Waals surface area contributed by atoms with Crippen molar-refractivity contribution in [1.29, 1.82) is 0 Å². The van der Waals surface area contributed by atoms with Crippen molar-refractivity contribution in [3.63, 3.8) is 0 Å². The summed E-state index contributed by atoms with van der Waals surface area (Å²) >= 11 is 0. The van der Waals surface area contributed by atoms with Gasteiger partial charge in [-0.2, -0.15) is 0 Å². The van der Waals surface area contributed by atoms with E-state index in [0.717, 1.165) is 0 Å². The second-order valence-corrected chi connectivity index (χ2v) is 9.82. The summed E-state index contributed by atoms with van der Waals surface area (Å²) < 4.78 is 6.07. The van der Waals surface area contributed by atoms with Crippen molar-refractivity contribution in [2.75, 3.05) is 0 Å². The molecule has 2 heteroatoms. The van der Waals surface area contributed by atoms with Crippen molar-refractivity contribution in [3.8, 4) is 12.3 Å². The summed E-state index contributed by atoms with van der Waals surface area (Å²) in [6.45, 7) is 14.8. The van der Waals surface area contributed by atoms with Crippen molar-refractivity contribution in [1.82, 2.24) is 0 Å². The van der Waals surface area contributed by atoms with Gasteiger partial charge in [0, 0.05) is 6.42 Å². The molecule has 1 nitrogen and oxygen atoms in total. The highest BCUT2D eigenvalue weighted by Gasteiger charge is 2.38. The van der Waals surface area contributed by atoms with E-state index in [9.17, 15) is 0 Å². The highest BCUT2D eigenvalue weighted by Crippen LogP contribution is 2.37.